The lowest BCUT2D eigenvalue weighted by Gasteiger charge is -2.08. The number of carbonyl (C=O) groups excluding carboxylic acids is 2. The molecule has 0 unspecified atom stereocenters. The van der Waals surface area contributed by atoms with Gasteiger partial charge in [0, 0.05) is 17.8 Å². The fraction of sp³-hybridized carbons (Fsp3) is 0.0588. The highest BCUT2D eigenvalue weighted by atomic mass is 16.5. The van der Waals surface area contributed by atoms with E-state index in [1.54, 1.807) is 24.3 Å². The number of ether oxygens (including phenoxy) is 1. The minimum Gasteiger partial charge on any atom is -0.493 e. The Bertz CT molecular complexity index is 998. The zero-order chi connectivity index (χ0) is 17.8. The number of hydrogen-bond acceptors (Lipinski definition) is 6. The number of amides is 2. The molecule has 8 nitrogen and oxygen atoms in total. The van der Waals surface area contributed by atoms with Gasteiger partial charge in [-0.1, -0.05) is 12.1 Å². The summed E-state index contributed by atoms with van der Waals surface area (Å²) in [7, 11) is 1.45. The highest BCUT2D eigenvalue weighted by molar-refractivity contribution is 6.00. The van der Waals surface area contributed by atoms with Crippen LogP contribution in [0.15, 0.2) is 58.0 Å². The van der Waals surface area contributed by atoms with Crippen LogP contribution in [0, 0.1) is 0 Å². The summed E-state index contributed by atoms with van der Waals surface area (Å²) in [6.07, 6.45) is 2.86. The molecule has 0 radical (unpaired) electrons. The number of nitrogens with zero attached hydrogens (tertiary/aromatic N) is 1. The van der Waals surface area contributed by atoms with Crippen LogP contribution >= 0.6 is 0 Å². The fourth-order valence-electron chi connectivity index (χ4n) is 2.19. The zero-order valence-corrected chi connectivity index (χ0v) is 13.1. The van der Waals surface area contributed by atoms with E-state index in [1.807, 2.05) is 0 Å². The first-order valence-corrected chi connectivity index (χ1v) is 7.21. The van der Waals surface area contributed by atoms with Crippen molar-refractivity contribution < 1.29 is 18.7 Å². The molecular formula is C17H13N3O5. The maximum Gasteiger partial charge on any atom is 0.349 e. The van der Waals surface area contributed by atoms with Crippen LogP contribution in [-0.2, 0) is 0 Å². The Hall–Kier alpha value is -3.68. The first-order chi connectivity index (χ1) is 12.1. The molecule has 2 heterocycles. The van der Waals surface area contributed by atoms with E-state index in [1.165, 1.54) is 31.6 Å². The third-order valence-corrected chi connectivity index (χ3v) is 3.40. The van der Waals surface area contributed by atoms with Crippen LogP contribution in [0.4, 0.5) is 0 Å². The number of nitrogens with one attached hydrogen (secondary N) is 2. The molecule has 2 amide bonds. The van der Waals surface area contributed by atoms with E-state index in [2.05, 4.69) is 15.8 Å². The maximum atomic E-state index is 12.2. The minimum absolute atomic E-state index is 0.242. The standard InChI is InChI=1S/C17H13N3O5/c1-24-13-6-2-4-10-8-12(17(23)25-14(10)13)16(22)20-19-15(21)11-5-3-7-18-9-11/h2-9H,1H3,(H,19,21)(H,20,22). The number of carbonyl (C=O) groups is 2. The number of hydrazine groups is 1. The summed E-state index contributed by atoms with van der Waals surface area (Å²) < 4.78 is 10.3. The van der Waals surface area contributed by atoms with E-state index in [0.29, 0.717) is 11.1 Å². The van der Waals surface area contributed by atoms with Crippen molar-refractivity contribution in [3.8, 4) is 5.75 Å². The van der Waals surface area contributed by atoms with Crippen molar-refractivity contribution in [1.82, 2.24) is 15.8 Å². The monoisotopic (exact) mass is 339 g/mol. The predicted molar refractivity (Wildman–Crippen MR) is 88.2 cm³/mol. The zero-order valence-electron chi connectivity index (χ0n) is 13.1. The average Bonchev–Trinajstić information content (AvgIpc) is 2.65. The van der Waals surface area contributed by atoms with Gasteiger partial charge >= 0.3 is 5.63 Å². The third-order valence-electron chi connectivity index (χ3n) is 3.40. The van der Waals surface area contributed by atoms with E-state index >= 15 is 0 Å². The molecule has 1 aromatic carbocycles. The number of para-hydroxylation sites is 1. The van der Waals surface area contributed by atoms with Crippen molar-refractivity contribution in [2.24, 2.45) is 0 Å². The lowest BCUT2D eigenvalue weighted by atomic mass is 10.1. The number of aromatic nitrogens is 1. The molecule has 3 aromatic rings. The second-order valence-corrected chi connectivity index (χ2v) is 4.98. The van der Waals surface area contributed by atoms with E-state index in [9.17, 15) is 14.4 Å². The topological polar surface area (TPSA) is 111 Å². The largest absolute Gasteiger partial charge is 0.493 e. The molecule has 0 bridgehead atoms. The first-order valence-electron chi connectivity index (χ1n) is 7.21. The number of benzene rings is 1. The molecule has 0 aliphatic carbocycles. The molecule has 0 saturated carbocycles. The van der Waals surface area contributed by atoms with Crippen LogP contribution in [0.3, 0.4) is 0 Å². The summed E-state index contributed by atoms with van der Waals surface area (Å²) in [5.41, 5.74) is 3.80. The lowest BCUT2D eigenvalue weighted by molar-refractivity contribution is 0.0844. The Morgan fingerprint density at radius 1 is 1.12 bits per heavy atom. The van der Waals surface area contributed by atoms with Gasteiger partial charge in [-0.2, -0.15) is 0 Å². The molecule has 0 saturated heterocycles. The van der Waals surface area contributed by atoms with Gasteiger partial charge in [0.2, 0.25) is 0 Å². The third kappa shape index (κ3) is 3.32. The molecule has 0 aliphatic rings. The molecule has 25 heavy (non-hydrogen) atoms. The number of rotatable bonds is 3. The van der Waals surface area contributed by atoms with Crippen molar-refractivity contribution in [2.75, 3.05) is 7.11 Å². The van der Waals surface area contributed by atoms with Gasteiger partial charge in [-0.15, -0.1) is 0 Å². The number of pyridine rings is 1. The molecule has 0 aliphatic heterocycles. The van der Waals surface area contributed by atoms with Gasteiger partial charge in [-0.25, -0.2) is 4.79 Å². The Kier molecular flexibility index (Phi) is 4.42. The average molecular weight is 339 g/mol. The van der Waals surface area contributed by atoms with Gasteiger partial charge < -0.3 is 9.15 Å². The van der Waals surface area contributed by atoms with Crippen molar-refractivity contribution in [3.63, 3.8) is 0 Å². The summed E-state index contributed by atoms with van der Waals surface area (Å²) in [4.78, 5) is 39.9. The first kappa shape index (κ1) is 16.2. The molecule has 2 aromatic heterocycles. The van der Waals surface area contributed by atoms with Gasteiger partial charge in [-0.05, 0) is 24.3 Å². The molecule has 3 rings (SSSR count). The molecule has 126 valence electrons. The van der Waals surface area contributed by atoms with Crippen LogP contribution in [0.25, 0.3) is 11.0 Å². The lowest BCUT2D eigenvalue weighted by Crippen LogP contribution is -2.43. The molecule has 2 N–H and O–H groups in total. The molecule has 0 fully saturated rings. The summed E-state index contributed by atoms with van der Waals surface area (Å²) in [6.45, 7) is 0. The predicted octanol–water partition coefficient (Wildman–Crippen LogP) is 1.27. The minimum atomic E-state index is -0.842. The van der Waals surface area contributed by atoms with Gasteiger partial charge in [0.25, 0.3) is 11.8 Å². The van der Waals surface area contributed by atoms with Crippen molar-refractivity contribution in [1.29, 1.82) is 0 Å². The van der Waals surface area contributed by atoms with Crippen LogP contribution in [0.2, 0.25) is 0 Å². The smallest absolute Gasteiger partial charge is 0.349 e. The SMILES string of the molecule is COc1cccc2cc(C(=O)NNC(=O)c3cccnc3)c(=O)oc12. The molecular weight excluding hydrogens is 326 g/mol. The fourth-order valence-corrected chi connectivity index (χ4v) is 2.19. The maximum absolute atomic E-state index is 12.2. The highest BCUT2D eigenvalue weighted by Crippen LogP contribution is 2.24. The van der Waals surface area contributed by atoms with Crippen LogP contribution in [0.1, 0.15) is 20.7 Å². The van der Waals surface area contributed by atoms with E-state index in [-0.39, 0.29) is 16.7 Å². The number of hydrogen-bond donors (Lipinski definition) is 2. The highest BCUT2D eigenvalue weighted by Gasteiger charge is 2.16. The summed E-state index contributed by atoms with van der Waals surface area (Å²) in [6, 6.07) is 9.50. The number of fused-ring (bicyclic) bond motifs is 1. The van der Waals surface area contributed by atoms with Gasteiger partial charge in [0.05, 0.1) is 12.7 Å². The number of methoxy groups -OCH3 is 1. The Balaban J connectivity index is 1.82. The van der Waals surface area contributed by atoms with E-state index < -0.39 is 17.4 Å². The van der Waals surface area contributed by atoms with Gasteiger partial charge in [0.15, 0.2) is 11.3 Å². The molecule has 0 spiro atoms. The summed E-state index contributed by atoms with van der Waals surface area (Å²) in [5.74, 6) is -0.976. The summed E-state index contributed by atoms with van der Waals surface area (Å²) >= 11 is 0. The van der Waals surface area contributed by atoms with Crippen molar-refractivity contribution in [2.45, 2.75) is 0 Å². The van der Waals surface area contributed by atoms with E-state index in [4.69, 9.17) is 9.15 Å². The van der Waals surface area contributed by atoms with Crippen LogP contribution in [0.5, 0.6) is 5.75 Å². The molecule has 0 atom stereocenters. The van der Waals surface area contributed by atoms with E-state index in [0.717, 1.165) is 0 Å². The second kappa shape index (κ2) is 6.83. The van der Waals surface area contributed by atoms with Gasteiger partial charge in [-0.3, -0.25) is 25.4 Å². The van der Waals surface area contributed by atoms with Crippen molar-refractivity contribution >= 4 is 22.8 Å². The Labute approximate surface area is 141 Å². The normalized spacial score (nSPS) is 10.3. The quantitative estimate of drug-likeness (QED) is 0.549. The van der Waals surface area contributed by atoms with Crippen LogP contribution in [-0.4, -0.2) is 23.9 Å². The molecule has 8 heteroatoms. The summed E-state index contributed by atoms with van der Waals surface area (Å²) in [5, 5.41) is 0.516. The van der Waals surface area contributed by atoms with Crippen LogP contribution < -0.4 is 21.2 Å². The second-order valence-electron chi connectivity index (χ2n) is 4.98. The van der Waals surface area contributed by atoms with Gasteiger partial charge in [0.1, 0.15) is 5.56 Å². The Morgan fingerprint density at radius 2 is 1.92 bits per heavy atom. The Morgan fingerprint density at radius 3 is 2.64 bits per heavy atom. The van der Waals surface area contributed by atoms with Crippen molar-refractivity contribution in [3.05, 3.63) is 70.3 Å².